The van der Waals surface area contributed by atoms with Gasteiger partial charge < -0.3 is 20.9 Å². The summed E-state index contributed by atoms with van der Waals surface area (Å²) >= 11 is 1.58. The normalized spacial score (nSPS) is 14.0. The third-order valence-corrected chi connectivity index (χ3v) is 5.78. The van der Waals surface area contributed by atoms with Crippen molar-refractivity contribution in [1.29, 1.82) is 0 Å². The number of aromatic nitrogens is 4. The van der Waals surface area contributed by atoms with Crippen molar-refractivity contribution in [3.8, 4) is 0 Å². The fraction of sp³-hybridized carbons (Fsp3) is 0.286. The molecule has 3 N–H and O–H groups in total. The summed E-state index contributed by atoms with van der Waals surface area (Å²) in [5.74, 6) is 0.838. The second kappa shape index (κ2) is 9.18. The Bertz CT molecular complexity index is 1210. The standard InChI is InChI=1S/C21H24N8O2S/c1-13-10-23-21(32-13)28(3)8-4-5-15(12-30)25-17-9-18(22-2)29-19(27-17)16(11-24-29)20(31)26-14-6-7-14/h4-5,8-12,14,22H,6-7H2,1-3H3,(H,25,27)(H,26,31)/b8-4-,15-5+. The van der Waals surface area contributed by atoms with Gasteiger partial charge in [0.05, 0.1) is 11.9 Å². The highest BCUT2D eigenvalue weighted by Gasteiger charge is 2.26. The minimum absolute atomic E-state index is 0.205. The average Bonchev–Trinajstić information content (AvgIpc) is 3.31. The molecule has 0 atom stereocenters. The van der Waals surface area contributed by atoms with Gasteiger partial charge in [-0.15, -0.1) is 11.3 Å². The van der Waals surface area contributed by atoms with E-state index in [0.29, 0.717) is 34.8 Å². The molecule has 1 amide bonds. The summed E-state index contributed by atoms with van der Waals surface area (Å²) in [6.07, 6.45) is 11.2. The summed E-state index contributed by atoms with van der Waals surface area (Å²) < 4.78 is 1.56. The molecule has 3 heterocycles. The molecule has 1 fully saturated rings. The molecule has 3 aromatic rings. The molecule has 0 unspecified atom stereocenters. The second-order valence-electron chi connectivity index (χ2n) is 7.39. The van der Waals surface area contributed by atoms with Crippen molar-refractivity contribution in [3.05, 3.63) is 52.9 Å². The van der Waals surface area contributed by atoms with Gasteiger partial charge in [0.1, 0.15) is 17.2 Å². The van der Waals surface area contributed by atoms with E-state index in [1.54, 1.807) is 41.1 Å². The van der Waals surface area contributed by atoms with Crippen LogP contribution in [0.2, 0.25) is 0 Å². The number of nitrogens with zero attached hydrogens (tertiary/aromatic N) is 5. The molecule has 4 rings (SSSR count). The van der Waals surface area contributed by atoms with Crippen LogP contribution in [0.15, 0.2) is 42.5 Å². The first-order valence-electron chi connectivity index (χ1n) is 10.1. The van der Waals surface area contributed by atoms with E-state index in [1.807, 2.05) is 31.3 Å². The molecule has 11 heteroatoms. The topological polar surface area (TPSA) is 117 Å². The van der Waals surface area contributed by atoms with Gasteiger partial charge in [-0.1, -0.05) is 0 Å². The highest BCUT2D eigenvalue weighted by Crippen LogP contribution is 2.23. The predicted octanol–water partition coefficient (Wildman–Crippen LogP) is 2.57. The summed E-state index contributed by atoms with van der Waals surface area (Å²) in [6, 6.07) is 1.94. The van der Waals surface area contributed by atoms with E-state index in [-0.39, 0.29) is 11.9 Å². The molecular weight excluding hydrogens is 428 g/mol. The number of aldehydes is 1. The fourth-order valence-corrected chi connectivity index (χ4v) is 3.66. The lowest BCUT2D eigenvalue weighted by atomic mass is 10.3. The minimum Gasteiger partial charge on any atom is -0.373 e. The van der Waals surface area contributed by atoms with Gasteiger partial charge in [0, 0.05) is 43.5 Å². The van der Waals surface area contributed by atoms with Crippen LogP contribution < -0.4 is 20.9 Å². The number of fused-ring (bicyclic) bond motifs is 1. The molecular formula is C21H24N8O2S. The van der Waals surface area contributed by atoms with Crippen molar-refractivity contribution in [1.82, 2.24) is 24.9 Å². The maximum Gasteiger partial charge on any atom is 0.256 e. The van der Waals surface area contributed by atoms with Gasteiger partial charge in [-0.05, 0) is 31.9 Å². The molecule has 0 bridgehead atoms. The van der Waals surface area contributed by atoms with Crippen LogP contribution in [-0.4, -0.2) is 51.9 Å². The van der Waals surface area contributed by atoms with E-state index < -0.39 is 0 Å². The molecule has 32 heavy (non-hydrogen) atoms. The summed E-state index contributed by atoms with van der Waals surface area (Å²) in [6.45, 7) is 2.00. The number of hydrogen-bond donors (Lipinski definition) is 3. The van der Waals surface area contributed by atoms with E-state index >= 15 is 0 Å². The molecule has 166 valence electrons. The number of hydrogen-bond acceptors (Lipinski definition) is 9. The molecule has 10 nitrogen and oxygen atoms in total. The van der Waals surface area contributed by atoms with E-state index in [0.717, 1.165) is 22.9 Å². The number of thiazole rings is 1. The van der Waals surface area contributed by atoms with Gasteiger partial charge >= 0.3 is 0 Å². The average molecular weight is 453 g/mol. The largest absolute Gasteiger partial charge is 0.373 e. The van der Waals surface area contributed by atoms with Crippen LogP contribution >= 0.6 is 11.3 Å². The van der Waals surface area contributed by atoms with Crippen LogP contribution in [0.1, 0.15) is 28.1 Å². The Labute approximate surface area is 189 Å². The van der Waals surface area contributed by atoms with E-state index in [9.17, 15) is 9.59 Å². The van der Waals surface area contributed by atoms with Crippen LogP contribution in [0.4, 0.5) is 16.8 Å². The minimum atomic E-state index is -0.205. The number of rotatable bonds is 9. The summed E-state index contributed by atoms with van der Waals surface area (Å²) in [5, 5.41) is 14.1. The Morgan fingerprint density at radius 2 is 2.16 bits per heavy atom. The SMILES string of the molecule is CNc1cc(N/C(C=O)=C/C=C\N(C)c2ncc(C)s2)nc2c(C(=O)NC3CC3)cnn12. The van der Waals surface area contributed by atoms with Crippen LogP contribution in [0.5, 0.6) is 0 Å². The first kappa shape index (κ1) is 21.5. The number of carbonyl (C=O) groups excluding carboxylic acids is 2. The van der Waals surface area contributed by atoms with Crippen LogP contribution in [0.3, 0.4) is 0 Å². The maximum absolute atomic E-state index is 12.6. The molecule has 0 spiro atoms. The quantitative estimate of drug-likeness (QED) is 0.258. The third-order valence-electron chi connectivity index (χ3n) is 4.78. The zero-order chi connectivity index (χ0) is 22.7. The van der Waals surface area contributed by atoms with E-state index in [4.69, 9.17) is 0 Å². The van der Waals surface area contributed by atoms with Gasteiger partial charge in [-0.25, -0.2) is 9.97 Å². The molecule has 0 aromatic carbocycles. The molecule has 1 aliphatic rings. The van der Waals surface area contributed by atoms with Crippen LogP contribution in [0.25, 0.3) is 5.65 Å². The molecule has 0 radical (unpaired) electrons. The summed E-state index contributed by atoms with van der Waals surface area (Å²) in [7, 11) is 3.64. The molecule has 3 aromatic heterocycles. The molecule has 0 aliphatic heterocycles. The Morgan fingerprint density at radius 3 is 2.81 bits per heavy atom. The lowest BCUT2D eigenvalue weighted by Crippen LogP contribution is -2.25. The lowest BCUT2D eigenvalue weighted by molar-refractivity contribution is -0.104. The predicted molar refractivity (Wildman–Crippen MR) is 125 cm³/mol. The smallest absolute Gasteiger partial charge is 0.256 e. The monoisotopic (exact) mass is 452 g/mol. The number of allylic oxidation sites excluding steroid dienone is 3. The lowest BCUT2D eigenvalue weighted by Gasteiger charge is -2.10. The Balaban J connectivity index is 1.55. The van der Waals surface area contributed by atoms with E-state index in [1.165, 1.54) is 6.20 Å². The zero-order valence-corrected chi connectivity index (χ0v) is 18.8. The molecule has 1 saturated carbocycles. The number of aryl methyl sites for hydroxylation is 1. The van der Waals surface area contributed by atoms with Crippen molar-refractivity contribution in [3.63, 3.8) is 0 Å². The molecule has 0 saturated heterocycles. The van der Waals surface area contributed by atoms with Gasteiger partial charge in [0.2, 0.25) is 0 Å². The van der Waals surface area contributed by atoms with Crippen LogP contribution in [0, 0.1) is 6.92 Å². The number of amides is 1. The van der Waals surface area contributed by atoms with Crippen molar-refractivity contribution in [2.24, 2.45) is 0 Å². The highest BCUT2D eigenvalue weighted by molar-refractivity contribution is 7.15. The highest BCUT2D eigenvalue weighted by atomic mass is 32.1. The second-order valence-corrected chi connectivity index (χ2v) is 8.60. The van der Waals surface area contributed by atoms with Crippen molar-refractivity contribution >= 4 is 45.9 Å². The van der Waals surface area contributed by atoms with Gasteiger partial charge in [0.25, 0.3) is 5.91 Å². The summed E-state index contributed by atoms with van der Waals surface area (Å²) in [5.41, 5.74) is 1.10. The first-order valence-corrected chi connectivity index (χ1v) is 10.9. The Morgan fingerprint density at radius 1 is 1.34 bits per heavy atom. The fourth-order valence-electron chi connectivity index (χ4n) is 2.96. The Kier molecular flexibility index (Phi) is 6.17. The van der Waals surface area contributed by atoms with Crippen LogP contribution in [-0.2, 0) is 4.79 Å². The van der Waals surface area contributed by atoms with Crippen molar-refractivity contribution < 1.29 is 9.59 Å². The Hall–Kier alpha value is -3.73. The van der Waals surface area contributed by atoms with Crippen molar-refractivity contribution in [2.45, 2.75) is 25.8 Å². The van der Waals surface area contributed by atoms with Gasteiger partial charge in [-0.2, -0.15) is 9.61 Å². The first-order chi connectivity index (χ1) is 15.5. The number of nitrogens with one attached hydrogen (secondary N) is 3. The maximum atomic E-state index is 12.6. The van der Waals surface area contributed by atoms with Gasteiger partial charge in [0.15, 0.2) is 17.1 Å². The van der Waals surface area contributed by atoms with Crippen molar-refractivity contribution in [2.75, 3.05) is 29.6 Å². The number of anilines is 3. The van der Waals surface area contributed by atoms with Gasteiger partial charge in [-0.3, -0.25) is 9.59 Å². The van der Waals surface area contributed by atoms with E-state index in [2.05, 4.69) is 31.0 Å². The molecule has 1 aliphatic carbocycles. The zero-order valence-electron chi connectivity index (χ0n) is 18.0. The number of carbonyl (C=O) groups is 2. The summed E-state index contributed by atoms with van der Waals surface area (Å²) in [4.78, 5) is 36.0. The third kappa shape index (κ3) is 4.78.